The highest BCUT2D eigenvalue weighted by atomic mass is 16.5. The second kappa shape index (κ2) is 12.4. The van der Waals surface area contributed by atoms with Crippen molar-refractivity contribution in [2.24, 2.45) is 11.8 Å². The summed E-state index contributed by atoms with van der Waals surface area (Å²) < 4.78 is 6.36. The zero-order chi connectivity index (χ0) is 17.8. The molecule has 23 heavy (non-hydrogen) atoms. The average molecular weight is 321 g/mol. The largest absolute Gasteiger partial charge is 0.372 e. The molecule has 0 N–H and O–H groups in total. The highest BCUT2D eigenvalue weighted by Gasteiger charge is 2.21. The molecule has 0 aromatic rings. The SMILES string of the molecule is CC(C)C(CC#CCN(C)C)OC(CC#CCN(C)C)C(C)C. The fraction of sp³-hybridized carbons (Fsp3) is 0.800. The first kappa shape index (κ1) is 22.0. The van der Waals surface area contributed by atoms with E-state index in [1.165, 1.54) is 0 Å². The first-order valence-corrected chi connectivity index (χ1v) is 8.60. The van der Waals surface area contributed by atoms with Crippen molar-refractivity contribution in [3.8, 4) is 23.7 Å². The van der Waals surface area contributed by atoms with Crippen molar-refractivity contribution in [3.05, 3.63) is 0 Å². The lowest BCUT2D eigenvalue weighted by atomic mass is 10.0. The van der Waals surface area contributed by atoms with Crippen LogP contribution in [-0.4, -0.2) is 63.3 Å². The number of rotatable bonds is 8. The Morgan fingerprint density at radius 1 is 0.652 bits per heavy atom. The minimum atomic E-state index is 0.174. The standard InChI is InChI=1S/C20H36N2O/c1-17(2)19(13-9-11-15-21(5)6)23-20(18(3)4)14-10-12-16-22(7)8/h17-20H,13-16H2,1-8H3. The van der Waals surface area contributed by atoms with Crippen LogP contribution >= 0.6 is 0 Å². The summed E-state index contributed by atoms with van der Waals surface area (Å²) in [7, 11) is 8.14. The molecule has 2 unspecified atom stereocenters. The fourth-order valence-corrected chi connectivity index (χ4v) is 1.88. The molecule has 2 atom stereocenters. The van der Waals surface area contributed by atoms with E-state index in [1.807, 2.05) is 28.2 Å². The van der Waals surface area contributed by atoms with Crippen molar-refractivity contribution in [1.29, 1.82) is 0 Å². The summed E-state index contributed by atoms with van der Waals surface area (Å²) in [5.74, 6) is 13.8. The molecule has 0 aromatic carbocycles. The van der Waals surface area contributed by atoms with Crippen LogP contribution in [0.15, 0.2) is 0 Å². The van der Waals surface area contributed by atoms with E-state index in [-0.39, 0.29) is 12.2 Å². The van der Waals surface area contributed by atoms with Crippen molar-refractivity contribution >= 4 is 0 Å². The Bertz CT molecular complexity index is 378. The van der Waals surface area contributed by atoms with Gasteiger partial charge in [0.2, 0.25) is 0 Å². The lowest BCUT2D eigenvalue weighted by molar-refractivity contribution is -0.0508. The molecular formula is C20H36N2O. The lowest BCUT2D eigenvalue weighted by Gasteiger charge is -2.27. The molecule has 132 valence electrons. The molecule has 0 fully saturated rings. The molecule has 0 rings (SSSR count). The zero-order valence-corrected chi connectivity index (χ0v) is 16.4. The maximum atomic E-state index is 6.36. The normalized spacial score (nSPS) is 13.7. The minimum absolute atomic E-state index is 0.174. The van der Waals surface area contributed by atoms with Gasteiger partial charge in [0, 0.05) is 12.8 Å². The third-order valence-corrected chi connectivity index (χ3v) is 3.48. The summed E-state index contributed by atoms with van der Waals surface area (Å²) in [6.45, 7) is 10.4. The van der Waals surface area contributed by atoms with Crippen LogP contribution in [0.4, 0.5) is 0 Å². The van der Waals surface area contributed by atoms with Gasteiger partial charge in [0.05, 0.1) is 25.3 Å². The number of nitrogens with zero attached hydrogens (tertiary/aromatic N) is 2. The van der Waals surface area contributed by atoms with Crippen LogP contribution in [0.2, 0.25) is 0 Å². The van der Waals surface area contributed by atoms with E-state index >= 15 is 0 Å². The van der Waals surface area contributed by atoms with Gasteiger partial charge >= 0.3 is 0 Å². The Morgan fingerprint density at radius 2 is 1.00 bits per heavy atom. The fourth-order valence-electron chi connectivity index (χ4n) is 1.88. The Labute approximate surface area is 144 Å². The van der Waals surface area contributed by atoms with E-state index in [1.54, 1.807) is 0 Å². The molecule has 0 aliphatic heterocycles. The van der Waals surface area contributed by atoms with Gasteiger partial charge in [-0.15, -0.1) is 0 Å². The van der Waals surface area contributed by atoms with Gasteiger partial charge in [-0.05, 0) is 40.0 Å². The molecule has 0 aromatic heterocycles. The third-order valence-electron chi connectivity index (χ3n) is 3.48. The first-order chi connectivity index (χ1) is 10.7. The molecular weight excluding hydrogens is 284 g/mol. The highest BCUT2D eigenvalue weighted by molar-refractivity contribution is 5.04. The maximum Gasteiger partial charge on any atom is 0.0711 e. The van der Waals surface area contributed by atoms with E-state index in [0.717, 1.165) is 25.9 Å². The van der Waals surface area contributed by atoms with Gasteiger partial charge in [-0.2, -0.15) is 0 Å². The van der Waals surface area contributed by atoms with E-state index in [9.17, 15) is 0 Å². The van der Waals surface area contributed by atoms with E-state index in [2.05, 4.69) is 61.2 Å². The minimum Gasteiger partial charge on any atom is -0.372 e. The predicted octanol–water partition coefficient (Wildman–Crippen LogP) is 2.96. The Hall–Kier alpha value is -1.00. The molecule has 0 radical (unpaired) electrons. The van der Waals surface area contributed by atoms with Crippen molar-refractivity contribution in [3.63, 3.8) is 0 Å². The highest BCUT2D eigenvalue weighted by Crippen LogP contribution is 2.19. The molecule has 0 saturated heterocycles. The zero-order valence-electron chi connectivity index (χ0n) is 16.4. The molecule has 0 amide bonds. The van der Waals surface area contributed by atoms with Crippen LogP contribution in [0, 0.1) is 35.5 Å². The topological polar surface area (TPSA) is 15.7 Å². The van der Waals surface area contributed by atoms with Crippen molar-refractivity contribution in [2.45, 2.75) is 52.7 Å². The van der Waals surface area contributed by atoms with Crippen LogP contribution in [0.25, 0.3) is 0 Å². The molecule has 0 aliphatic carbocycles. The van der Waals surface area contributed by atoms with Gasteiger partial charge in [0.1, 0.15) is 0 Å². The quantitative estimate of drug-likeness (QED) is 0.640. The molecule has 3 nitrogen and oxygen atoms in total. The molecule has 0 saturated carbocycles. The van der Waals surface area contributed by atoms with Crippen LogP contribution in [0.3, 0.4) is 0 Å². The maximum absolute atomic E-state index is 6.36. The van der Waals surface area contributed by atoms with E-state index in [0.29, 0.717) is 11.8 Å². The Morgan fingerprint density at radius 3 is 1.26 bits per heavy atom. The summed E-state index contributed by atoms with van der Waals surface area (Å²) in [4.78, 5) is 4.16. The van der Waals surface area contributed by atoms with Gasteiger partial charge in [-0.1, -0.05) is 51.4 Å². The van der Waals surface area contributed by atoms with Crippen molar-refractivity contribution in [1.82, 2.24) is 9.80 Å². The molecule has 0 spiro atoms. The smallest absolute Gasteiger partial charge is 0.0711 e. The Kier molecular flexibility index (Phi) is 11.9. The van der Waals surface area contributed by atoms with Gasteiger partial charge in [0.15, 0.2) is 0 Å². The molecule has 3 heteroatoms. The summed E-state index contributed by atoms with van der Waals surface area (Å²) in [5, 5.41) is 0. The Balaban J connectivity index is 4.62. The lowest BCUT2D eigenvalue weighted by Crippen LogP contribution is -2.29. The van der Waals surface area contributed by atoms with Gasteiger partial charge in [0.25, 0.3) is 0 Å². The summed E-state index contributed by atoms with van der Waals surface area (Å²) >= 11 is 0. The summed E-state index contributed by atoms with van der Waals surface area (Å²) in [6.07, 6.45) is 1.93. The molecule has 0 bridgehead atoms. The van der Waals surface area contributed by atoms with Crippen molar-refractivity contribution < 1.29 is 4.74 Å². The average Bonchev–Trinajstić information content (AvgIpc) is 2.43. The van der Waals surface area contributed by atoms with Gasteiger partial charge in [-0.25, -0.2) is 0 Å². The van der Waals surface area contributed by atoms with Crippen LogP contribution in [-0.2, 0) is 4.74 Å². The van der Waals surface area contributed by atoms with Crippen LogP contribution in [0.5, 0.6) is 0 Å². The van der Waals surface area contributed by atoms with Crippen molar-refractivity contribution in [2.75, 3.05) is 41.3 Å². The monoisotopic (exact) mass is 320 g/mol. The summed E-state index contributed by atoms with van der Waals surface area (Å²) in [5.41, 5.74) is 0. The van der Waals surface area contributed by atoms with Crippen LogP contribution < -0.4 is 0 Å². The van der Waals surface area contributed by atoms with Gasteiger partial charge < -0.3 is 4.74 Å². The number of ether oxygens (including phenoxy) is 1. The van der Waals surface area contributed by atoms with Crippen LogP contribution in [0.1, 0.15) is 40.5 Å². The first-order valence-electron chi connectivity index (χ1n) is 8.60. The molecule has 0 heterocycles. The summed E-state index contributed by atoms with van der Waals surface area (Å²) in [6, 6.07) is 0. The van der Waals surface area contributed by atoms with Gasteiger partial charge in [-0.3, -0.25) is 9.80 Å². The number of hydrogen-bond donors (Lipinski definition) is 0. The second-order valence-electron chi connectivity index (χ2n) is 7.29. The third kappa shape index (κ3) is 12.1. The van der Waals surface area contributed by atoms with E-state index in [4.69, 9.17) is 4.74 Å². The van der Waals surface area contributed by atoms with E-state index < -0.39 is 0 Å². The molecule has 0 aliphatic rings. The number of hydrogen-bond acceptors (Lipinski definition) is 3. The second-order valence-corrected chi connectivity index (χ2v) is 7.29. The predicted molar refractivity (Wildman–Crippen MR) is 100 cm³/mol.